The van der Waals surface area contributed by atoms with Crippen LogP contribution in [0.1, 0.15) is 40.5 Å². The summed E-state index contributed by atoms with van der Waals surface area (Å²) in [5, 5.41) is 11.4. The number of esters is 2. The van der Waals surface area contributed by atoms with Crippen LogP contribution in [0.2, 0.25) is 0 Å². The third kappa shape index (κ3) is 3.15. The van der Waals surface area contributed by atoms with Crippen molar-refractivity contribution in [1.29, 1.82) is 0 Å². The van der Waals surface area contributed by atoms with E-state index in [0.29, 0.717) is 0 Å². The largest absolute Gasteiger partial charge is 0.466 e. The van der Waals surface area contributed by atoms with Gasteiger partial charge in [0.2, 0.25) is 11.8 Å². The first-order valence-corrected chi connectivity index (χ1v) is 8.88. The van der Waals surface area contributed by atoms with Crippen molar-refractivity contribution in [3.05, 3.63) is 0 Å². The third-order valence-corrected chi connectivity index (χ3v) is 5.00. The quantitative estimate of drug-likeness (QED) is 0.489. The Kier molecular flexibility index (Phi) is 5.90. The van der Waals surface area contributed by atoms with Crippen molar-refractivity contribution in [2.45, 2.75) is 52.2 Å². The Morgan fingerprint density at radius 1 is 1.15 bits per heavy atom. The van der Waals surface area contributed by atoms with E-state index in [9.17, 15) is 24.3 Å². The fraction of sp³-hybridized carbons (Fsp3) is 0.765. The van der Waals surface area contributed by atoms with E-state index >= 15 is 0 Å². The van der Waals surface area contributed by atoms with Crippen LogP contribution in [-0.2, 0) is 28.7 Å². The summed E-state index contributed by atoms with van der Waals surface area (Å²) in [6, 6.07) is 0. The van der Waals surface area contributed by atoms with Crippen LogP contribution >= 0.6 is 0 Å². The molecule has 2 rings (SSSR count). The number of ether oxygens (including phenoxy) is 2. The molecule has 0 radical (unpaired) electrons. The lowest BCUT2D eigenvalue weighted by atomic mass is 9.88. The zero-order chi connectivity index (χ0) is 19.6. The predicted octanol–water partition coefficient (Wildman–Crippen LogP) is -0.232. The Balaban J connectivity index is 2.48. The highest BCUT2D eigenvalue weighted by Crippen LogP contribution is 2.64. The van der Waals surface area contributed by atoms with Crippen LogP contribution in [-0.4, -0.2) is 58.7 Å². The van der Waals surface area contributed by atoms with Gasteiger partial charge in [-0.25, -0.2) is 9.80 Å². The second-order valence-corrected chi connectivity index (χ2v) is 6.55. The fourth-order valence-corrected chi connectivity index (χ4v) is 4.07. The number of hydrogen-bond donors (Lipinski definition) is 2. The molecule has 0 spiro atoms. The minimum Gasteiger partial charge on any atom is -0.466 e. The van der Waals surface area contributed by atoms with E-state index < -0.39 is 53.1 Å². The van der Waals surface area contributed by atoms with E-state index in [4.69, 9.17) is 9.47 Å². The molecule has 0 unspecified atom stereocenters. The standard InChI is InChI=1S/C17H26N2O7/c1-5-11(22)19(18-9(4)20)17(16(24)26-7-3)8-10(21)12-13(14(12)17)15(23)25-6-2/h10,12-14,21H,5-8H2,1-4H3,(H,18,20)/t10-,12-,13-,14-,17-/m0/s1. The van der Waals surface area contributed by atoms with Crippen molar-refractivity contribution in [1.82, 2.24) is 10.4 Å². The smallest absolute Gasteiger partial charge is 0.334 e. The summed E-state index contributed by atoms with van der Waals surface area (Å²) in [4.78, 5) is 49.3. The highest BCUT2D eigenvalue weighted by atomic mass is 16.5. The van der Waals surface area contributed by atoms with Gasteiger partial charge in [0.05, 0.1) is 25.2 Å². The highest BCUT2D eigenvalue weighted by molar-refractivity contribution is 5.93. The fourth-order valence-electron chi connectivity index (χ4n) is 4.07. The zero-order valence-electron chi connectivity index (χ0n) is 15.5. The summed E-state index contributed by atoms with van der Waals surface area (Å²) in [5.41, 5.74) is 0.774. The zero-order valence-corrected chi connectivity index (χ0v) is 15.5. The molecule has 146 valence electrons. The summed E-state index contributed by atoms with van der Waals surface area (Å²) < 4.78 is 10.2. The molecule has 2 N–H and O–H groups in total. The molecule has 0 aromatic rings. The number of carbonyl (C=O) groups is 4. The maximum Gasteiger partial charge on any atom is 0.334 e. The molecular weight excluding hydrogens is 344 g/mol. The van der Waals surface area contributed by atoms with Gasteiger partial charge in [0.1, 0.15) is 0 Å². The van der Waals surface area contributed by atoms with Gasteiger partial charge in [0.15, 0.2) is 5.54 Å². The van der Waals surface area contributed by atoms with Gasteiger partial charge in [-0.2, -0.15) is 0 Å². The average Bonchev–Trinajstić information content (AvgIpc) is 3.26. The first-order valence-electron chi connectivity index (χ1n) is 8.88. The number of fused-ring (bicyclic) bond motifs is 1. The molecule has 2 aliphatic carbocycles. The van der Waals surface area contributed by atoms with Crippen molar-refractivity contribution < 1.29 is 33.8 Å². The number of hydrazine groups is 1. The summed E-state index contributed by atoms with van der Waals surface area (Å²) in [5.74, 6) is -4.21. The highest BCUT2D eigenvalue weighted by Gasteiger charge is 2.78. The average molecular weight is 370 g/mol. The molecule has 2 fully saturated rings. The topological polar surface area (TPSA) is 122 Å². The summed E-state index contributed by atoms with van der Waals surface area (Å²) in [6.07, 6.45) is -1.07. The van der Waals surface area contributed by atoms with Crippen LogP contribution in [0.4, 0.5) is 0 Å². The van der Waals surface area contributed by atoms with Crippen molar-refractivity contribution in [2.75, 3.05) is 13.2 Å². The van der Waals surface area contributed by atoms with Crippen LogP contribution in [0.25, 0.3) is 0 Å². The van der Waals surface area contributed by atoms with Gasteiger partial charge in [-0.05, 0) is 13.8 Å². The molecule has 2 saturated carbocycles. The number of aliphatic hydroxyl groups excluding tert-OH is 1. The maximum atomic E-state index is 12.9. The number of amides is 2. The van der Waals surface area contributed by atoms with E-state index in [-0.39, 0.29) is 26.1 Å². The van der Waals surface area contributed by atoms with E-state index in [1.54, 1.807) is 20.8 Å². The maximum absolute atomic E-state index is 12.9. The minimum atomic E-state index is -1.63. The molecule has 0 aromatic carbocycles. The van der Waals surface area contributed by atoms with Crippen molar-refractivity contribution in [3.63, 3.8) is 0 Å². The summed E-state index contributed by atoms with van der Waals surface area (Å²) in [6.45, 7) is 6.32. The van der Waals surface area contributed by atoms with Gasteiger partial charge in [0, 0.05) is 31.6 Å². The second kappa shape index (κ2) is 7.61. The lowest BCUT2D eigenvalue weighted by Gasteiger charge is -2.40. The Morgan fingerprint density at radius 3 is 2.27 bits per heavy atom. The molecular formula is C17H26N2O7. The van der Waals surface area contributed by atoms with E-state index in [1.165, 1.54) is 6.92 Å². The van der Waals surface area contributed by atoms with Crippen LogP contribution in [0, 0.1) is 17.8 Å². The SMILES string of the molecule is CCOC(=O)[C@H]1[C@H]2[C@@H]1[C@@](C(=O)OCC)(N(NC(C)=O)C(=O)CC)C[C@@H]2O. The molecule has 0 aromatic heterocycles. The molecule has 5 atom stereocenters. The Hall–Kier alpha value is -2.16. The summed E-state index contributed by atoms with van der Waals surface area (Å²) >= 11 is 0. The first-order chi connectivity index (χ1) is 12.3. The number of nitrogens with zero attached hydrogens (tertiary/aromatic N) is 1. The Bertz CT molecular complexity index is 608. The van der Waals surface area contributed by atoms with Crippen molar-refractivity contribution >= 4 is 23.8 Å². The normalized spacial score (nSPS) is 31.6. The van der Waals surface area contributed by atoms with Crippen LogP contribution in [0.5, 0.6) is 0 Å². The molecule has 26 heavy (non-hydrogen) atoms. The van der Waals surface area contributed by atoms with E-state index in [2.05, 4.69) is 5.43 Å². The van der Waals surface area contributed by atoms with Gasteiger partial charge >= 0.3 is 11.9 Å². The molecule has 2 amide bonds. The molecule has 0 heterocycles. The van der Waals surface area contributed by atoms with Crippen LogP contribution in [0.3, 0.4) is 0 Å². The number of rotatable bonds is 6. The third-order valence-electron chi connectivity index (χ3n) is 5.00. The van der Waals surface area contributed by atoms with Crippen molar-refractivity contribution in [2.24, 2.45) is 17.8 Å². The van der Waals surface area contributed by atoms with Gasteiger partial charge in [-0.3, -0.25) is 19.8 Å². The van der Waals surface area contributed by atoms with Gasteiger partial charge in [0.25, 0.3) is 0 Å². The monoisotopic (exact) mass is 370 g/mol. The lowest BCUT2D eigenvalue weighted by molar-refractivity contribution is -0.173. The number of nitrogens with one attached hydrogen (secondary N) is 1. The van der Waals surface area contributed by atoms with E-state index in [0.717, 1.165) is 5.01 Å². The molecule has 0 bridgehead atoms. The second-order valence-electron chi connectivity index (χ2n) is 6.55. The minimum absolute atomic E-state index is 0.0268. The lowest BCUT2D eigenvalue weighted by Crippen LogP contribution is -2.65. The van der Waals surface area contributed by atoms with Crippen LogP contribution < -0.4 is 5.43 Å². The van der Waals surface area contributed by atoms with Gasteiger partial charge in [-0.15, -0.1) is 0 Å². The Labute approximate surface area is 152 Å². The van der Waals surface area contributed by atoms with Crippen molar-refractivity contribution in [3.8, 4) is 0 Å². The van der Waals surface area contributed by atoms with E-state index in [1.807, 2.05) is 0 Å². The molecule has 0 saturated heterocycles. The molecule has 9 heteroatoms. The first kappa shape index (κ1) is 20.2. The molecule has 2 aliphatic rings. The predicted molar refractivity (Wildman–Crippen MR) is 88.0 cm³/mol. The molecule has 0 aliphatic heterocycles. The van der Waals surface area contributed by atoms with Crippen LogP contribution in [0.15, 0.2) is 0 Å². The summed E-state index contributed by atoms with van der Waals surface area (Å²) in [7, 11) is 0. The van der Waals surface area contributed by atoms with Gasteiger partial charge in [-0.1, -0.05) is 6.92 Å². The van der Waals surface area contributed by atoms with Gasteiger partial charge < -0.3 is 14.6 Å². The molecule has 9 nitrogen and oxygen atoms in total. The Morgan fingerprint density at radius 2 is 1.77 bits per heavy atom. The number of hydrogen-bond acceptors (Lipinski definition) is 7. The number of carbonyl (C=O) groups excluding carboxylic acids is 4. The number of aliphatic hydroxyl groups is 1.